The van der Waals surface area contributed by atoms with E-state index >= 15 is 0 Å². The molecule has 92 valence electrons. The largest absolute Gasteiger partial charge is 0.252 e. The number of fused-ring (bicyclic) bond motifs is 1. The first-order chi connectivity index (χ1) is 8.49. The summed E-state index contributed by atoms with van der Waals surface area (Å²) in [5, 5.41) is 0. The van der Waals surface area contributed by atoms with Crippen LogP contribution >= 0.6 is 0 Å². The van der Waals surface area contributed by atoms with Crippen molar-refractivity contribution in [1.82, 2.24) is 9.97 Å². The predicted molar refractivity (Wildman–Crippen MR) is 78.1 cm³/mol. The van der Waals surface area contributed by atoms with Crippen LogP contribution in [0.5, 0.6) is 0 Å². The molecule has 1 aromatic carbocycles. The molecule has 0 saturated carbocycles. The van der Waals surface area contributed by atoms with Crippen molar-refractivity contribution in [2.45, 2.75) is 20.8 Å². The third-order valence-corrected chi connectivity index (χ3v) is 2.59. The van der Waals surface area contributed by atoms with E-state index in [2.05, 4.69) is 55.5 Å². The molecule has 1 aromatic heterocycles. The van der Waals surface area contributed by atoms with Crippen molar-refractivity contribution in [3.05, 3.63) is 48.3 Å². The third kappa shape index (κ3) is 2.83. The number of rotatable bonds is 2. The molecular weight excluding hydrogens is 220 g/mol. The quantitative estimate of drug-likeness (QED) is 0.778. The van der Waals surface area contributed by atoms with Crippen molar-refractivity contribution in [1.29, 1.82) is 0 Å². The Balaban J connectivity index is 2.52. The van der Waals surface area contributed by atoms with Gasteiger partial charge in [0, 0.05) is 5.56 Å². The van der Waals surface area contributed by atoms with Gasteiger partial charge in [-0.2, -0.15) is 0 Å². The molecule has 0 aliphatic heterocycles. The van der Waals surface area contributed by atoms with E-state index < -0.39 is 0 Å². The Hall–Kier alpha value is -1.96. The van der Waals surface area contributed by atoms with E-state index in [0.717, 1.165) is 22.3 Å². The lowest BCUT2D eigenvalue weighted by atomic mass is 9.95. The summed E-state index contributed by atoms with van der Waals surface area (Å²) in [4.78, 5) is 8.95. The molecule has 0 fully saturated rings. The van der Waals surface area contributed by atoms with Gasteiger partial charge in [-0.3, -0.25) is 4.98 Å². The number of para-hydroxylation sites is 1. The Labute approximate surface area is 108 Å². The fourth-order valence-electron chi connectivity index (χ4n) is 1.65. The number of benzene rings is 1. The van der Waals surface area contributed by atoms with E-state index in [0.29, 0.717) is 0 Å². The zero-order valence-electron chi connectivity index (χ0n) is 11.1. The molecule has 0 amide bonds. The van der Waals surface area contributed by atoms with Crippen LogP contribution in [0.1, 0.15) is 32.0 Å². The summed E-state index contributed by atoms with van der Waals surface area (Å²) in [6.45, 7) is 10.2. The minimum absolute atomic E-state index is 0.163. The van der Waals surface area contributed by atoms with Crippen LogP contribution < -0.4 is 0 Å². The summed E-state index contributed by atoms with van der Waals surface area (Å²) < 4.78 is 0. The maximum Gasteiger partial charge on any atom is 0.0959 e. The van der Waals surface area contributed by atoms with Gasteiger partial charge in [-0.1, -0.05) is 51.6 Å². The third-order valence-electron chi connectivity index (χ3n) is 2.59. The highest BCUT2D eigenvalue weighted by atomic mass is 14.8. The lowest BCUT2D eigenvalue weighted by molar-refractivity contribution is 0.547. The topological polar surface area (TPSA) is 25.8 Å². The van der Waals surface area contributed by atoms with Crippen LogP contribution in [0.2, 0.25) is 0 Å². The number of nitrogens with zero attached hydrogens (tertiary/aromatic N) is 2. The van der Waals surface area contributed by atoms with Gasteiger partial charge < -0.3 is 0 Å². The van der Waals surface area contributed by atoms with E-state index in [9.17, 15) is 0 Å². The lowest BCUT2D eigenvalue weighted by Crippen LogP contribution is -1.98. The average Bonchev–Trinajstić information content (AvgIpc) is 2.34. The van der Waals surface area contributed by atoms with E-state index in [4.69, 9.17) is 0 Å². The van der Waals surface area contributed by atoms with Crippen LogP contribution in [0.3, 0.4) is 0 Å². The van der Waals surface area contributed by atoms with Crippen molar-refractivity contribution < 1.29 is 0 Å². The van der Waals surface area contributed by atoms with Gasteiger partial charge in [-0.25, -0.2) is 4.98 Å². The van der Waals surface area contributed by atoms with Gasteiger partial charge in [-0.15, -0.1) is 0 Å². The van der Waals surface area contributed by atoms with E-state index in [1.165, 1.54) is 0 Å². The molecule has 2 aromatic rings. The fraction of sp³-hybridized carbons (Fsp3) is 0.250. The zero-order valence-corrected chi connectivity index (χ0v) is 11.1. The van der Waals surface area contributed by atoms with Crippen molar-refractivity contribution in [3.63, 3.8) is 0 Å². The second-order valence-electron chi connectivity index (χ2n) is 5.41. The number of aromatic nitrogens is 2. The summed E-state index contributed by atoms with van der Waals surface area (Å²) in [6, 6.07) is 6.04. The standard InChI is InChI=1S/C16H18N2/c1-5-13-11-17-15-12(9-10-16(2,3)4)7-6-8-14(15)18-13/h5-11H,1H2,2-4H3/b10-9+. The molecular formula is C16H18N2. The molecule has 18 heavy (non-hydrogen) atoms. The Kier molecular flexibility index (Phi) is 3.28. The molecule has 0 bridgehead atoms. The van der Waals surface area contributed by atoms with Crippen LogP contribution in [0.4, 0.5) is 0 Å². The minimum atomic E-state index is 0.163. The van der Waals surface area contributed by atoms with Crippen LogP contribution in [-0.2, 0) is 0 Å². The first-order valence-corrected chi connectivity index (χ1v) is 6.07. The molecule has 0 atom stereocenters. The molecule has 0 aliphatic carbocycles. The molecule has 0 spiro atoms. The maximum atomic E-state index is 4.48. The van der Waals surface area contributed by atoms with E-state index in [1.807, 2.05) is 12.1 Å². The second kappa shape index (κ2) is 4.73. The first kappa shape index (κ1) is 12.5. The zero-order chi connectivity index (χ0) is 13.2. The highest BCUT2D eigenvalue weighted by molar-refractivity contribution is 5.84. The maximum absolute atomic E-state index is 4.48. The monoisotopic (exact) mass is 238 g/mol. The van der Waals surface area contributed by atoms with Crippen molar-refractivity contribution in [3.8, 4) is 0 Å². The Morgan fingerprint density at radius 2 is 2.00 bits per heavy atom. The summed E-state index contributed by atoms with van der Waals surface area (Å²) in [5.74, 6) is 0. The molecule has 2 nitrogen and oxygen atoms in total. The summed E-state index contributed by atoms with van der Waals surface area (Å²) in [7, 11) is 0. The van der Waals surface area contributed by atoms with E-state index in [1.54, 1.807) is 12.3 Å². The van der Waals surface area contributed by atoms with Crippen LogP contribution in [0.15, 0.2) is 37.1 Å². The first-order valence-electron chi connectivity index (χ1n) is 6.07. The smallest absolute Gasteiger partial charge is 0.0959 e. The number of hydrogen-bond donors (Lipinski definition) is 0. The average molecular weight is 238 g/mol. The van der Waals surface area contributed by atoms with Crippen LogP contribution in [0.25, 0.3) is 23.2 Å². The Morgan fingerprint density at radius 1 is 1.22 bits per heavy atom. The Morgan fingerprint density at radius 3 is 2.67 bits per heavy atom. The second-order valence-corrected chi connectivity index (χ2v) is 5.41. The highest BCUT2D eigenvalue weighted by Crippen LogP contribution is 2.21. The summed E-state index contributed by atoms with van der Waals surface area (Å²) >= 11 is 0. The summed E-state index contributed by atoms with van der Waals surface area (Å²) in [6.07, 6.45) is 7.77. The predicted octanol–water partition coefficient (Wildman–Crippen LogP) is 4.33. The molecule has 1 heterocycles. The van der Waals surface area contributed by atoms with Gasteiger partial charge in [0.05, 0.1) is 22.9 Å². The number of allylic oxidation sites excluding steroid dienone is 1. The normalized spacial score (nSPS) is 12.2. The Bertz CT molecular complexity index is 604. The molecule has 2 heteroatoms. The SMILES string of the molecule is C=Cc1cnc2c(/C=C/C(C)(C)C)cccc2n1. The van der Waals surface area contributed by atoms with Crippen molar-refractivity contribution in [2.24, 2.45) is 5.41 Å². The molecule has 0 N–H and O–H groups in total. The highest BCUT2D eigenvalue weighted by Gasteiger charge is 2.06. The van der Waals surface area contributed by atoms with Gasteiger partial charge in [0.25, 0.3) is 0 Å². The van der Waals surface area contributed by atoms with Gasteiger partial charge in [-0.05, 0) is 17.6 Å². The summed E-state index contributed by atoms with van der Waals surface area (Å²) in [5.41, 5.74) is 3.91. The van der Waals surface area contributed by atoms with E-state index in [-0.39, 0.29) is 5.41 Å². The molecule has 0 radical (unpaired) electrons. The van der Waals surface area contributed by atoms with Crippen molar-refractivity contribution >= 4 is 23.2 Å². The fourth-order valence-corrected chi connectivity index (χ4v) is 1.65. The number of hydrogen-bond acceptors (Lipinski definition) is 2. The van der Waals surface area contributed by atoms with Crippen molar-refractivity contribution in [2.75, 3.05) is 0 Å². The minimum Gasteiger partial charge on any atom is -0.252 e. The van der Waals surface area contributed by atoms with Crippen LogP contribution in [0, 0.1) is 5.41 Å². The molecule has 0 aliphatic rings. The van der Waals surface area contributed by atoms with Crippen LogP contribution in [-0.4, -0.2) is 9.97 Å². The lowest BCUT2D eigenvalue weighted by Gasteiger charge is -2.11. The van der Waals surface area contributed by atoms with Gasteiger partial charge in [0.15, 0.2) is 0 Å². The van der Waals surface area contributed by atoms with Gasteiger partial charge in [0.1, 0.15) is 0 Å². The molecule has 0 unspecified atom stereocenters. The molecule has 0 saturated heterocycles. The van der Waals surface area contributed by atoms with Gasteiger partial charge >= 0.3 is 0 Å². The molecule has 2 rings (SSSR count). The van der Waals surface area contributed by atoms with Gasteiger partial charge in [0.2, 0.25) is 0 Å².